The monoisotopic (exact) mass is 583 g/mol. The minimum absolute atomic E-state index is 0.0297. The van der Waals surface area contributed by atoms with Gasteiger partial charge < -0.3 is 30.2 Å². The fraction of sp³-hybridized carbons (Fsp3) is 0.212. The molecule has 0 saturated carbocycles. The highest BCUT2D eigenvalue weighted by atomic mass is 16.6. The van der Waals surface area contributed by atoms with E-state index in [9.17, 15) is 14.4 Å². The molecule has 43 heavy (non-hydrogen) atoms. The van der Waals surface area contributed by atoms with Crippen molar-refractivity contribution in [1.29, 1.82) is 0 Å². The second kappa shape index (κ2) is 16.2. The highest BCUT2D eigenvalue weighted by molar-refractivity contribution is 5.89. The molecule has 1 heterocycles. The van der Waals surface area contributed by atoms with Crippen molar-refractivity contribution in [2.45, 2.75) is 26.1 Å². The number of methoxy groups -OCH3 is 1. The number of urea groups is 1. The predicted octanol–water partition coefficient (Wildman–Crippen LogP) is 4.83. The fourth-order valence-corrected chi connectivity index (χ4v) is 4.22. The van der Waals surface area contributed by atoms with E-state index in [-0.39, 0.29) is 32.3 Å². The Bertz CT molecular complexity index is 1500. The first-order valence-electron chi connectivity index (χ1n) is 13.9. The summed E-state index contributed by atoms with van der Waals surface area (Å²) in [6.45, 7) is 0.885. The first kappa shape index (κ1) is 30.6. The Balaban J connectivity index is 1.17. The van der Waals surface area contributed by atoms with Crippen LogP contribution in [0.15, 0.2) is 103 Å². The summed E-state index contributed by atoms with van der Waals surface area (Å²) >= 11 is 0. The number of carbonyl (C=O) groups is 3. The first-order valence-corrected chi connectivity index (χ1v) is 13.9. The van der Waals surface area contributed by atoms with E-state index in [1.807, 2.05) is 48.5 Å². The quantitative estimate of drug-likeness (QED) is 0.153. The standard InChI is InChI=1S/C33H34N4O6/c1-41-31(38)17-19-34-33(40)43-24-37-20-7-8-25(23-37)22-35-32(39)36-28-13-15-29(16-14-28)42-21-18-27-11-5-6-12-30(27)26-9-3-2-4-10-26/h2-16,20,23H,17-19,21-22,24H2,1H3,(H2-,34,35,36,39,40)/p+1. The van der Waals surface area contributed by atoms with Gasteiger partial charge in [-0.25, -0.2) is 9.59 Å². The molecule has 10 heteroatoms. The van der Waals surface area contributed by atoms with Crippen LogP contribution >= 0.6 is 0 Å². The number of alkyl carbamates (subject to hydrolysis) is 1. The van der Waals surface area contributed by atoms with Crippen LogP contribution in [0.5, 0.6) is 5.75 Å². The number of benzene rings is 3. The second-order valence-corrected chi connectivity index (χ2v) is 9.49. The van der Waals surface area contributed by atoms with Crippen LogP contribution in [-0.2, 0) is 34.0 Å². The van der Waals surface area contributed by atoms with E-state index in [0.29, 0.717) is 12.3 Å². The van der Waals surface area contributed by atoms with Gasteiger partial charge in [0.05, 0.1) is 26.7 Å². The van der Waals surface area contributed by atoms with Crippen LogP contribution in [0.4, 0.5) is 15.3 Å². The summed E-state index contributed by atoms with van der Waals surface area (Å²) < 4.78 is 17.3. The lowest BCUT2D eigenvalue weighted by Crippen LogP contribution is -2.39. The maximum atomic E-state index is 12.4. The Labute approximate surface area is 250 Å². The Morgan fingerprint density at radius 2 is 1.60 bits per heavy atom. The van der Waals surface area contributed by atoms with Gasteiger partial charge in [-0.3, -0.25) is 4.79 Å². The third kappa shape index (κ3) is 10.2. The normalized spacial score (nSPS) is 10.3. The van der Waals surface area contributed by atoms with Crippen molar-refractivity contribution >= 4 is 23.8 Å². The van der Waals surface area contributed by atoms with Gasteiger partial charge in [0.2, 0.25) is 0 Å². The molecule has 0 saturated heterocycles. The van der Waals surface area contributed by atoms with Crippen molar-refractivity contribution in [2.75, 3.05) is 25.6 Å². The predicted molar refractivity (Wildman–Crippen MR) is 161 cm³/mol. The SMILES string of the molecule is COC(=O)CCNC(=O)OC[n+]1cccc(CNC(=O)Nc2ccc(OCCc3ccccc3-c3ccccc3)cc2)c1. The number of pyridine rings is 1. The Morgan fingerprint density at radius 3 is 2.40 bits per heavy atom. The van der Waals surface area contributed by atoms with Crippen molar-refractivity contribution in [3.05, 3.63) is 115 Å². The van der Waals surface area contributed by atoms with Gasteiger partial charge in [0, 0.05) is 30.3 Å². The Hall–Kier alpha value is -5.38. The van der Waals surface area contributed by atoms with Crippen molar-refractivity contribution in [3.8, 4) is 16.9 Å². The smallest absolute Gasteiger partial charge is 0.412 e. The summed E-state index contributed by atoms with van der Waals surface area (Å²) in [7, 11) is 1.28. The number of amides is 3. The van der Waals surface area contributed by atoms with Gasteiger partial charge in [-0.15, -0.1) is 0 Å². The molecule has 3 N–H and O–H groups in total. The number of hydrogen-bond acceptors (Lipinski definition) is 6. The molecule has 0 radical (unpaired) electrons. The Morgan fingerprint density at radius 1 is 0.837 bits per heavy atom. The number of nitrogens with zero attached hydrogens (tertiary/aromatic N) is 1. The molecule has 0 spiro atoms. The maximum absolute atomic E-state index is 12.4. The van der Waals surface area contributed by atoms with Gasteiger partial charge >= 0.3 is 18.1 Å². The van der Waals surface area contributed by atoms with Gasteiger partial charge in [-0.05, 0) is 47.0 Å². The lowest BCUT2D eigenvalue weighted by atomic mass is 9.98. The Kier molecular flexibility index (Phi) is 11.5. The lowest BCUT2D eigenvalue weighted by molar-refractivity contribution is -0.727. The minimum Gasteiger partial charge on any atom is -0.493 e. The summed E-state index contributed by atoms with van der Waals surface area (Å²) in [5.74, 6) is 0.300. The van der Waals surface area contributed by atoms with E-state index >= 15 is 0 Å². The lowest BCUT2D eigenvalue weighted by Gasteiger charge is -2.12. The third-order valence-electron chi connectivity index (χ3n) is 6.40. The summed E-state index contributed by atoms with van der Waals surface area (Å²) in [4.78, 5) is 35.3. The number of rotatable bonds is 13. The molecule has 0 fully saturated rings. The van der Waals surface area contributed by atoms with Crippen LogP contribution < -0.4 is 25.3 Å². The van der Waals surface area contributed by atoms with E-state index < -0.39 is 12.1 Å². The van der Waals surface area contributed by atoms with Gasteiger partial charge in [0.15, 0.2) is 12.4 Å². The molecular weight excluding hydrogens is 548 g/mol. The summed E-state index contributed by atoms with van der Waals surface area (Å²) in [6, 6.07) is 29.1. The molecule has 3 amide bonds. The van der Waals surface area contributed by atoms with Gasteiger partial charge in [-0.2, -0.15) is 4.57 Å². The van der Waals surface area contributed by atoms with Crippen LogP contribution in [0.3, 0.4) is 0 Å². The molecule has 222 valence electrons. The van der Waals surface area contributed by atoms with Crippen molar-refractivity contribution < 1.29 is 33.2 Å². The molecular formula is C33H35N4O6+. The number of aromatic nitrogens is 1. The average Bonchev–Trinajstić information content (AvgIpc) is 3.04. The zero-order valence-corrected chi connectivity index (χ0v) is 24.0. The zero-order chi connectivity index (χ0) is 30.3. The molecule has 1 aromatic heterocycles. The molecule has 3 aromatic carbocycles. The number of nitrogens with one attached hydrogen (secondary N) is 3. The summed E-state index contributed by atoms with van der Waals surface area (Å²) in [5, 5.41) is 8.10. The molecule has 0 unspecified atom stereocenters. The van der Waals surface area contributed by atoms with Crippen LogP contribution in [0, 0.1) is 0 Å². The van der Waals surface area contributed by atoms with Crippen LogP contribution in [-0.4, -0.2) is 38.4 Å². The minimum atomic E-state index is -0.649. The molecule has 0 aliphatic heterocycles. The molecule has 0 aliphatic carbocycles. The zero-order valence-electron chi connectivity index (χ0n) is 24.0. The number of carbonyl (C=O) groups excluding carboxylic acids is 3. The number of ether oxygens (including phenoxy) is 3. The molecule has 4 aromatic rings. The van der Waals surface area contributed by atoms with E-state index in [0.717, 1.165) is 17.7 Å². The summed E-state index contributed by atoms with van der Waals surface area (Å²) in [6.07, 6.45) is 3.67. The molecule has 0 aliphatic rings. The van der Waals surface area contributed by atoms with Crippen LogP contribution in [0.25, 0.3) is 11.1 Å². The fourth-order valence-electron chi connectivity index (χ4n) is 4.22. The number of anilines is 1. The van der Waals surface area contributed by atoms with Crippen LogP contribution in [0.2, 0.25) is 0 Å². The van der Waals surface area contributed by atoms with Crippen molar-refractivity contribution in [3.63, 3.8) is 0 Å². The highest BCUT2D eigenvalue weighted by Gasteiger charge is 2.10. The topological polar surface area (TPSA) is 119 Å². The van der Waals surface area contributed by atoms with E-state index in [2.05, 4.69) is 45.0 Å². The number of esters is 1. The molecule has 4 rings (SSSR count). The largest absolute Gasteiger partial charge is 0.493 e. The van der Waals surface area contributed by atoms with Crippen molar-refractivity contribution in [2.24, 2.45) is 0 Å². The molecule has 0 bridgehead atoms. The van der Waals surface area contributed by atoms with Gasteiger partial charge in [-0.1, -0.05) is 54.6 Å². The molecule has 10 nitrogen and oxygen atoms in total. The number of hydrogen-bond donors (Lipinski definition) is 3. The van der Waals surface area contributed by atoms with E-state index in [1.165, 1.54) is 23.8 Å². The van der Waals surface area contributed by atoms with E-state index in [4.69, 9.17) is 9.47 Å². The maximum Gasteiger partial charge on any atom is 0.412 e. The summed E-state index contributed by atoms with van der Waals surface area (Å²) in [5.41, 5.74) is 5.05. The third-order valence-corrected chi connectivity index (χ3v) is 6.40. The first-order chi connectivity index (χ1) is 21.0. The second-order valence-electron chi connectivity index (χ2n) is 9.49. The van der Waals surface area contributed by atoms with E-state index in [1.54, 1.807) is 35.2 Å². The van der Waals surface area contributed by atoms with Crippen molar-refractivity contribution in [1.82, 2.24) is 10.6 Å². The highest BCUT2D eigenvalue weighted by Crippen LogP contribution is 2.24. The van der Waals surface area contributed by atoms with Gasteiger partial charge in [0.25, 0.3) is 6.73 Å². The van der Waals surface area contributed by atoms with Crippen LogP contribution in [0.1, 0.15) is 17.5 Å². The average molecular weight is 584 g/mol. The van der Waals surface area contributed by atoms with Gasteiger partial charge in [0.1, 0.15) is 5.75 Å². The molecule has 0 atom stereocenters.